The van der Waals surface area contributed by atoms with Gasteiger partial charge in [-0.05, 0) is 43.0 Å². The minimum Gasteiger partial charge on any atom is -0.494 e. The molecule has 0 atom stereocenters. The van der Waals surface area contributed by atoms with Crippen LogP contribution in [-0.4, -0.2) is 91.1 Å². The molecule has 0 saturated carbocycles. The van der Waals surface area contributed by atoms with Crippen molar-refractivity contribution in [2.24, 2.45) is 0 Å². The van der Waals surface area contributed by atoms with E-state index < -0.39 is 27.3 Å². The van der Waals surface area contributed by atoms with Gasteiger partial charge in [-0.25, -0.2) is 5.06 Å². The average molecular weight is 671 g/mol. The van der Waals surface area contributed by atoms with Gasteiger partial charge in [0.1, 0.15) is 5.75 Å². The first-order valence-corrected chi connectivity index (χ1v) is 17.7. The third-order valence-corrected chi connectivity index (χ3v) is 7.88. The highest BCUT2D eigenvalue weighted by atomic mass is 31.2. The Kier molecular flexibility index (Phi) is 16.0. The fraction of sp³-hybridized carbons (Fsp3) is 0.393. The second-order valence-electron chi connectivity index (χ2n) is 9.93. The summed E-state index contributed by atoms with van der Waals surface area (Å²) < 4.78 is 26.7. The predicted octanol–water partition coefficient (Wildman–Crippen LogP) is 2.14. The van der Waals surface area contributed by atoms with Crippen molar-refractivity contribution < 1.29 is 53.0 Å². The van der Waals surface area contributed by atoms with Gasteiger partial charge in [-0.15, -0.1) is 0 Å². The lowest BCUT2D eigenvalue weighted by atomic mass is 10.1. The molecule has 0 fully saturated rings. The molecule has 3 amide bonds. The molecule has 45 heavy (non-hydrogen) atoms. The number of rotatable bonds is 17. The van der Waals surface area contributed by atoms with E-state index in [0.29, 0.717) is 23.8 Å². The highest BCUT2D eigenvalue weighted by molar-refractivity contribution is 7.52. The van der Waals surface area contributed by atoms with Gasteiger partial charge in [0.25, 0.3) is 5.91 Å². The van der Waals surface area contributed by atoms with Crippen LogP contribution in [0.5, 0.6) is 5.75 Å². The normalized spacial score (nSPS) is 11.3. The first-order valence-electron chi connectivity index (χ1n) is 14.1. The van der Waals surface area contributed by atoms with Crippen LogP contribution in [0, 0.1) is 0 Å². The van der Waals surface area contributed by atoms with Crippen LogP contribution in [0.1, 0.15) is 31.2 Å². The summed E-state index contributed by atoms with van der Waals surface area (Å²) in [5.74, 6) is -0.544. The number of para-hydroxylation sites is 2. The molecule has 0 aliphatic heterocycles. The average Bonchev–Trinajstić information content (AvgIpc) is 3.38. The monoisotopic (exact) mass is 670 g/mol. The number of nitrogens with one attached hydrogen (secondary N) is 3. The maximum atomic E-state index is 11.8. The standard InChI is InChI=1S/C15H23N2O7P.C13H17N2O4P/c18-14(8-4-10-24-13-6-2-1-3-7-13)16-12-15(19)17(20)9-5-11-25(21,22)23;16-13(14-6-3-7-20(17,18)19)8-10-9-15-12-5-2-1-4-11(10)12/h1-3,6-7,20H,4-5,8-12H2,(H,16,18)(H2,21,22,23);1-2,4-5,9,15H,3,6-8H2,(H,14,16)(H2,17,18,19). The van der Waals surface area contributed by atoms with Crippen LogP contribution >= 0.6 is 15.2 Å². The van der Waals surface area contributed by atoms with Crippen molar-refractivity contribution in [2.75, 3.05) is 38.6 Å². The van der Waals surface area contributed by atoms with E-state index in [0.717, 1.165) is 16.5 Å². The molecule has 15 nitrogen and oxygen atoms in total. The number of hydrogen-bond donors (Lipinski definition) is 8. The van der Waals surface area contributed by atoms with Crippen LogP contribution in [-0.2, 0) is 29.9 Å². The van der Waals surface area contributed by atoms with Crippen molar-refractivity contribution in [1.82, 2.24) is 20.7 Å². The van der Waals surface area contributed by atoms with E-state index in [-0.39, 0.29) is 63.3 Å². The van der Waals surface area contributed by atoms with Crippen molar-refractivity contribution in [3.05, 3.63) is 66.4 Å². The Morgan fingerprint density at radius 1 is 0.822 bits per heavy atom. The van der Waals surface area contributed by atoms with Gasteiger partial charge in [-0.1, -0.05) is 36.4 Å². The topological polar surface area (TPSA) is 239 Å². The number of hydroxylamine groups is 2. The van der Waals surface area contributed by atoms with Crippen LogP contribution in [0.4, 0.5) is 0 Å². The number of nitrogens with zero attached hydrogens (tertiary/aromatic N) is 1. The lowest BCUT2D eigenvalue weighted by Crippen LogP contribution is -2.39. The zero-order chi connectivity index (χ0) is 33.3. The second-order valence-corrected chi connectivity index (χ2v) is 13.5. The number of carbonyl (C=O) groups is 3. The number of amides is 3. The van der Waals surface area contributed by atoms with Gasteiger partial charge >= 0.3 is 15.2 Å². The predicted molar refractivity (Wildman–Crippen MR) is 166 cm³/mol. The zero-order valence-electron chi connectivity index (χ0n) is 24.6. The number of fused-ring (bicyclic) bond motifs is 1. The fourth-order valence-electron chi connectivity index (χ4n) is 3.87. The molecule has 0 bridgehead atoms. The number of aromatic amines is 1. The summed E-state index contributed by atoms with van der Waals surface area (Å²) >= 11 is 0. The summed E-state index contributed by atoms with van der Waals surface area (Å²) in [4.78, 5) is 72.8. The van der Waals surface area contributed by atoms with Gasteiger partial charge in [0.15, 0.2) is 0 Å². The molecule has 0 saturated heterocycles. The van der Waals surface area contributed by atoms with Gasteiger partial charge < -0.3 is 39.9 Å². The molecular weight excluding hydrogens is 630 g/mol. The molecule has 3 aromatic rings. The molecule has 1 heterocycles. The molecule has 2 aromatic carbocycles. The molecule has 0 unspecified atom stereocenters. The van der Waals surface area contributed by atoms with E-state index >= 15 is 0 Å². The van der Waals surface area contributed by atoms with Crippen molar-refractivity contribution in [3.8, 4) is 5.75 Å². The van der Waals surface area contributed by atoms with Crippen LogP contribution in [0.2, 0.25) is 0 Å². The maximum Gasteiger partial charge on any atom is 0.325 e. The fourth-order valence-corrected chi connectivity index (χ4v) is 4.99. The highest BCUT2D eigenvalue weighted by Gasteiger charge is 2.16. The summed E-state index contributed by atoms with van der Waals surface area (Å²) in [5.41, 5.74) is 1.89. The molecule has 0 aliphatic carbocycles. The Morgan fingerprint density at radius 2 is 1.47 bits per heavy atom. The Morgan fingerprint density at radius 3 is 2.16 bits per heavy atom. The van der Waals surface area contributed by atoms with Crippen molar-refractivity contribution in [1.29, 1.82) is 0 Å². The third-order valence-electron chi connectivity index (χ3n) is 6.08. The molecule has 0 aliphatic rings. The minimum atomic E-state index is -4.15. The molecule has 8 N–H and O–H groups in total. The molecule has 0 radical (unpaired) electrons. The van der Waals surface area contributed by atoms with Crippen molar-refractivity contribution in [2.45, 2.75) is 32.1 Å². The van der Waals surface area contributed by atoms with E-state index in [2.05, 4.69) is 15.6 Å². The van der Waals surface area contributed by atoms with E-state index in [9.17, 15) is 28.7 Å². The number of aromatic nitrogens is 1. The van der Waals surface area contributed by atoms with Crippen molar-refractivity contribution >= 4 is 43.8 Å². The van der Waals surface area contributed by atoms with Gasteiger partial charge in [-0.2, -0.15) is 0 Å². The van der Waals surface area contributed by atoms with Gasteiger partial charge in [0.05, 0.1) is 31.9 Å². The van der Waals surface area contributed by atoms with Crippen LogP contribution < -0.4 is 15.4 Å². The Hall–Kier alpha value is -3.55. The maximum absolute atomic E-state index is 11.8. The van der Waals surface area contributed by atoms with Gasteiger partial charge in [0.2, 0.25) is 11.8 Å². The quantitative estimate of drug-likeness (QED) is 0.0448. The number of hydrogen-bond acceptors (Lipinski definition) is 7. The zero-order valence-corrected chi connectivity index (χ0v) is 26.4. The van der Waals surface area contributed by atoms with Crippen LogP contribution in [0.3, 0.4) is 0 Å². The molecular formula is C28H40N4O11P2. The van der Waals surface area contributed by atoms with Crippen molar-refractivity contribution in [3.63, 3.8) is 0 Å². The first-order chi connectivity index (χ1) is 21.2. The first kappa shape index (κ1) is 37.6. The van der Waals surface area contributed by atoms with E-state index in [1.54, 1.807) is 18.3 Å². The van der Waals surface area contributed by atoms with Crippen LogP contribution in [0.15, 0.2) is 60.8 Å². The van der Waals surface area contributed by atoms with E-state index in [1.165, 1.54) is 0 Å². The third kappa shape index (κ3) is 16.9. The Balaban J connectivity index is 0.000000320. The number of benzene rings is 2. The largest absolute Gasteiger partial charge is 0.494 e. The van der Waals surface area contributed by atoms with Gasteiger partial charge in [0, 0.05) is 36.6 Å². The Bertz CT molecular complexity index is 1460. The molecule has 17 heteroatoms. The lowest BCUT2D eigenvalue weighted by Gasteiger charge is -2.15. The SMILES string of the molecule is O=C(CCCOc1ccccc1)NCC(=O)N(O)CCCP(=O)(O)O.O=C(Cc1c[nH]c2ccccc12)NCCCP(=O)(O)O. The van der Waals surface area contributed by atoms with E-state index in [4.69, 9.17) is 24.3 Å². The summed E-state index contributed by atoms with van der Waals surface area (Å²) in [6.07, 6.45) is 2.29. The molecule has 1 aromatic heterocycles. The summed E-state index contributed by atoms with van der Waals surface area (Å²) in [6.45, 7) is 0.0295. The Labute approximate surface area is 260 Å². The number of carbonyl (C=O) groups excluding carboxylic acids is 3. The molecule has 248 valence electrons. The smallest absolute Gasteiger partial charge is 0.325 e. The summed E-state index contributed by atoms with van der Waals surface area (Å²) in [7, 11) is -8.12. The second kappa shape index (κ2) is 19.1. The molecule has 0 spiro atoms. The number of ether oxygens (including phenoxy) is 1. The summed E-state index contributed by atoms with van der Waals surface area (Å²) in [6, 6.07) is 16.9. The van der Waals surface area contributed by atoms with E-state index in [1.807, 2.05) is 42.5 Å². The van der Waals surface area contributed by atoms with Gasteiger partial charge in [-0.3, -0.25) is 28.7 Å². The molecule has 3 rings (SSSR count). The van der Waals surface area contributed by atoms with Crippen LogP contribution in [0.25, 0.3) is 10.9 Å². The highest BCUT2D eigenvalue weighted by Crippen LogP contribution is 2.35. The lowest BCUT2D eigenvalue weighted by molar-refractivity contribution is -0.164. The number of H-pyrrole nitrogens is 1. The summed E-state index contributed by atoms with van der Waals surface area (Å²) in [5, 5.41) is 15.8. The minimum absolute atomic E-state index is 0.0444.